The number of furan rings is 1. The zero-order valence-electron chi connectivity index (χ0n) is 15.1. The Hall–Kier alpha value is -2.30. The molecule has 0 spiro atoms. The number of hydrogen-bond acceptors (Lipinski definition) is 4. The molecule has 1 amide bonds. The van der Waals surface area contributed by atoms with E-state index in [2.05, 4.69) is 0 Å². The van der Waals surface area contributed by atoms with Gasteiger partial charge in [0.2, 0.25) is 0 Å². The number of benzene rings is 1. The summed E-state index contributed by atoms with van der Waals surface area (Å²) in [4.78, 5) is 26.8. The number of hydrogen-bond donors (Lipinski definition) is 0. The number of nitrogens with zero attached hydrogens (tertiary/aromatic N) is 1. The Kier molecular flexibility index (Phi) is 4.84. The number of amides is 1. The number of ether oxygens (including phenoxy) is 1. The highest BCUT2D eigenvalue weighted by Gasteiger charge is 2.32. The second kappa shape index (κ2) is 6.90. The molecule has 1 atom stereocenters. The van der Waals surface area contributed by atoms with E-state index in [1.54, 1.807) is 11.0 Å². The third kappa shape index (κ3) is 4.21. The number of fused-ring (bicyclic) bond motifs is 1. The molecule has 3 rings (SSSR count). The molecular formula is C20H25NO4. The summed E-state index contributed by atoms with van der Waals surface area (Å²) in [6.45, 7) is 6.18. The molecule has 5 nitrogen and oxygen atoms in total. The molecule has 1 aliphatic heterocycles. The SMILES string of the molecule is CC(C)(C)OC(=O)N1CCCCC1CC(=O)c1cc2ccccc2o1. The van der Waals surface area contributed by atoms with Gasteiger partial charge < -0.3 is 14.1 Å². The van der Waals surface area contributed by atoms with Crippen molar-refractivity contribution < 1.29 is 18.7 Å². The Balaban J connectivity index is 1.72. The van der Waals surface area contributed by atoms with Crippen LogP contribution in [0.4, 0.5) is 4.79 Å². The molecule has 0 bridgehead atoms. The fourth-order valence-corrected chi connectivity index (χ4v) is 3.21. The minimum atomic E-state index is -0.540. The third-order valence-electron chi connectivity index (χ3n) is 4.38. The zero-order chi connectivity index (χ0) is 18.0. The average Bonchev–Trinajstić information content (AvgIpc) is 2.98. The van der Waals surface area contributed by atoms with Crippen LogP contribution in [0.3, 0.4) is 0 Å². The molecule has 1 unspecified atom stereocenters. The molecule has 1 aromatic heterocycles. The molecule has 1 aliphatic rings. The number of Topliss-reactive ketones (excluding diaryl/α,β-unsaturated/α-hetero) is 1. The molecule has 0 radical (unpaired) electrons. The number of likely N-dealkylation sites (tertiary alicyclic amines) is 1. The van der Waals surface area contributed by atoms with Crippen LogP contribution in [0.5, 0.6) is 0 Å². The van der Waals surface area contributed by atoms with E-state index in [0.29, 0.717) is 17.9 Å². The van der Waals surface area contributed by atoms with Gasteiger partial charge in [-0.15, -0.1) is 0 Å². The van der Waals surface area contributed by atoms with Crippen LogP contribution in [0.2, 0.25) is 0 Å². The monoisotopic (exact) mass is 343 g/mol. The van der Waals surface area contributed by atoms with Gasteiger partial charge in [0.1, 0.15) is 11.2 Å². The van der Waals surface area contributed by atoms with Crippen LogP contribution in [0, 0.1) is 0 Å². The Bertz CT molecular complexity index is 738. The van der Waals surface area contributed by atoms with Crippen molar-refractivity contribution in [3.8, 4) is 0 Å². The Morgan fingerprint density at radius 1 is 1.24 bits per heavy atom. The van der Waals surface area contributed by atoms with E-state index in [1.165, 1.54) is 0 Å². The van der Waals surface area contributed by atoms with Crippen LogP contribution in [0.1, 0.15) is 57.0 Å². The van der Waals surface area contributed by atoms with Crippen molar-refractivity contribution in [3.63, 3.8) is 0 Å². The van der Waals surface area contributed by atoms with Crippen molar-refractivity contribution in [2.24, 2.45) is 0 Å². The van der Waals surface area contributed by atoms with Gasteiger partial charge in [-0.05, 0) is 52.2 Å². The van der Waals surface area contributed by atoms with E-state index in [1.807, 2.05) is 45.0 Å². The molecule has 2 heterocycles. The number of para-hydroxylation sites is 1. The Labute approximate surface area is 147 Å². The highest BCUT2D eigenvalue weighted by atomic mass is 16.6. The first-order valence-electron chi connectivity index (χ1n) is 8.85. The summed E-state index contributed by atoms with van der Waals surface area (Å²) in [5.74, 6) is 0.285. The van der Waals surface area contributed by atoms with Gasteiger partial charge in [0.15, 0.2) is 11.5 Å². The molecule has 2 aromatic rings. The Morgan fingerprint density at radius 2 is 2.00 bits per heavy atom. The molecule has 0 saturated carbocycles. The maximum atomic E-state index is 12.7. The lowest BCUT2D eigenvalue weighted by Gasteiger charge is -2.36. The number of ketones is 1. The minimum absolute atomic E-state index is 0.0725. The quantitative estimate of drug-likeness (QED) is 0.751. The van der Waals surface area contributed by atoms with Gasteiger partial charge in [0.25, 0.3) is 0 Å². The molecule has 1 aromatic carbocycles. The fourth-order valence-electron chi connectivity index (χ4n) is 3.21. The molecule has 5 heteroatoms. The van der Waals surface area contributed by atoms with Crippen molar-refractivity contribution in [2.75, 3.05) is 6.54 Å². The number of piperidine rings is 1. The summed E-state index contributed by atoms with van der Waals surface area (Å²) in [7, 11) is 0. The van der Waals surface area contributed by atoms with Crippen LogP contribution < -0.4 is 0 Å². The van der Waals surface area contributed by atoms with Crippen molar-refractivity contribution in [3.05, 3.63) is 36.1 Å². The lowest BCUT2D eigenvalue weighted by molar-refractivity contribution is 0.00935. The summed E-state index contributed by atoms with van der Waals surface area (Å²) in [5, 5.41) is 0.915. The summed E-state index contributed by atoms with van der Waals surface area (Å²) >= 11 is 0. The van der Waals surface area contributed by atoms with Crippen molar-refractivity contribution >= 4 is 22.8 Å². The summed E-state index contributed by atoms with van der Waals surface area (Å²) in [5.41, 5.74) is 0.167. The lowest BCUT2D eigenvalue weighted by atomic mass is 9.97. The standard InChI is InChI=1S/C20H25NO4/c1-20(2,3)25-19(23)21-11-7-6-9-15(21)13-16(22)18-12-14-8-4-5-10-17(14)24-18/h4-5,8,10,12,15H,6-7,9,11,13H2,1-3H3. The van der Waals surface area contributed by atoms with Crippen LogP contribution >= 0.6 is 0 Å². The van der Waals surface area contributed by atoms with Crippen molar-refractivity contribution in [1.82, 2.24) is 4.90 Å². The van der Waals surface area contributed by atoms with Crippen LogP contribution in [0.15, 0.2) is 34.7 Å². The first-order valence-corrected chi connectivity index (χ1v) is 8.85. The second-order valence-electron chi connectivity index (χ2n) is 7.60. The van der Waals surface area contributed by atoms with Gasteiger partial charge >= 0.3 is 6.09 Å². The molecule has 0 aliphatic carbocycles. The maximum absolute atomic E-state index is 12.7. The summed E-state index contributed by atoms with van der Waals surface area (Å²) < 4.78 is 11.2. The van der Waals surface area contributed by atoms with Gasteiger partial charge in [-0.3, -0.25) is 4.79 Å². The summed E-state index contributed by atoms with van der Waals surface area (Å²) in [6, 6.07) is 9.20. The van der Waals surface area contributed by atoms with E-state index in [0.717, 1.165) is 24.6 Å². The maximum Gasteiger partial charge on any atom is 0.410 e. The lowest BCUT2D eigenvalue weighted by Crippen LogP contribution is -2.46. The smallest absolute Gasteiger partial charge is 0.410 e. The van der Waals surface area contributed by atoms with Gasteiger partial charge in [0, 0.05) is 24.4 Å². The first-order chi connectivity index (χ1) is 11.8. The van der Waals surface area contributed by atoms with E-state index in [9.17, 15) is 9.59 Å². The van der Waals surface area contributed by atoms with Gasteiger partial charge in [-0.2, -0.15) is 0 Å². The zero-order valence-corrected chi connectivity index (χ0v) is 15.1. The van der Waals surface area contributed by atoms with Gasteiger partial charge in [-0.1, -0.05) is 18.2 Å². The summed E-state index contributed by atoms with van der Waals surface area (Å²) in [6.07, 6.45) is 2.69. The van der Waals surface area contributed by atoms with Gasteiger partial charge in [-0.25, -0.2) is 4.79 Å². The highest BCUT2D eigenvalue weighted by molar-refractivity contribution is 5.98. The average molecular weight is 343 g/mol. The fraction of sp³-hybridized carbons (Fsp3) is 0.500. The Morgan fingerprint density at radius 3 is 2.72 bits per heavy atom. The molecular weight excluding hydrogens is 318 g/mol. The third-order valence-corrected chi connectivity index (χ3v) is 4.38. The molecule has 1 saturated heterocycles. The van der Waals surface area contributed by atoms with Crippen molar-refractivity contribution in [2.45, 2.75) is 58.1 Å². The number of carbonyl (C=O) groups is 2. The van der Waals surface area contributed by atoms with Crippen LogP contribution in [0.25, 0.3) is 11.0 Å². The molecule has 1 fully saturated rings. The highest BCUT2D eigenvalue weighted by Crippen LogP contribution is 2.26. The molecule has 25 heavy (non-hydrogen) atoms. The predicted molar refractivity (Wildman–Crippen MR) is 95.7 cm³/mol. The molecule has 134 valence electrons. The van der Waals surface area contributed by atoms with E-state index >= 15 is 0 Å². The van der Waals surface area contributed by atoms with Crippen LogP contribution in [-0.4, -0.2) is 35.0 Å². The molecule has 0 N–H and O–H groups in total. The van der Waals surface area contributed by atoms with Crippen LogP contribution in [-0.2, 0) is 4.74 Å². The van der Waals surface area contributed by atoms with E-state index in [4.69, 9.17) is 9.15 Å². The van der Waals surface area contributed by atoms with Gasteiger partial charge in [0.05, 0.1) is 0 Å². The van der Waals surface area contributed by atoms with E-state index < -0.39 is 5.60 Å². The topological polar surface area (TPSA) is 59.8 Å². The number of carbonyl (C=O) groups excluding carboxylic acids is 2. The normalized spacial score (nSPS) is 18.4. The largest absolute Gasteiger partial charge is 0.453 e. The van der Waals surface area contributed by atoms with E-state index in [-0.39, 0.29) is 24.3 Å². The predicted octanol–water partition coefficient (Wildman–Crippen LogP) is 4.80. The second-order valence-corrected chi connectivity index (χ2v) is 7.60. The number of rotatable bonds is 3. The minimum Gasteiger partial charge on any atom is -0.453 e. The first kappa shape index (κ1) is 17.5. The van der Waals surface area contributed by atoms with Crippen molar-refractivity contribution in [1.29, 1.82) is 0 Å².